The van der Waals surface area contributed by atoms with E-state index in [1.165, 1.54) is 0 Å². The topological polar surface area (TPSA) is 97.2 Å². The number of pyridine rings is 2. The van der Waals surface area contributed by atoms with Crippen LogP contribution in [0.2, 0.25) is 0 Å². The van der Waals surface area contributed by atoms with E-state index in [0.29, 0.717) is 25.4 Å². The maximum absolute atomic E-state index is 12.3. The zero-order valence-electron chi connectivity index (χ0n) is 16.0. The molecule has 1 saturated heterocycles. The van der Waals surface area contributed by atoms with Gasteiger partial charge in [0.2, 0.25) is 0 Å². The number of fused-ring (bicyclic) bond motifs is 1. The normalized spacial score (nSPS) is 14.3. The fourth-order valence-corrected chi connectivity index (χ4v) is 3.27. The van der Waals surface area contributed by atoms with Gasteiger partial charge in [-0.25, -0.2) is 14.8 Å². The van der Waals surface area contributed by atoms with Gasteiger partial charge in [-0.3, -0.25) is 4.68 Å². The van der Waals surface area contributed by atoms with Crippen LogP contribution in [0.4, 0.5) is 16.3 Å². The molecule has 2 amide bonds. The van der Waals surface area contributed by atoms with E-state index in [-0.39, 0.29) is 6.03 Å². The number of hydrogen-bond donors (Lipinski definition) is 2. The number of aryl methyl sites for hydroxylation is 2. The van der Waals surface area contributed by atoms with Crippen LogP contribution < -0.4 is 15.5 Å². The number of amides is 2. The molecule has 0 saturated carbocycles. The highest BCUT2D eigenvalue weighted by Gasteiger charge is 2.13. The largest absolute Gasteiger partial charge is 0.378 e. The van der Waals surface area contributed by atoms with Crippen LogP contribution in [0.1, 0.15) is 11.3 Å². The number of carbonyl (C=O) groups excluding carboxylic acids is 1. The highest BCUT2D eigenvalue weighted by atomic mass is 16.5. The van der Waals surface area contributed by atoms with Crippen LogP contribution >= 0.6 is 0 Å². The van der Waals surface area contributed by atoms with Crippen molar-refractivity contribution >= 4 is 28.6 Å². The molecule has 1 aliphatic rings. The summed E-state index contributed by atoms with van der Waals surface area (Å²) in [4.78, 5) is 23.3. The molecular weight excluding hydrogens is 358 g/mol. The van der Waals surface area contributed by atoms with Gasteiger partial charge < -0.3 is 20.3 Å². The maximum atomic E-state index is 12.3. The molecular formula is C19H23N7O2. The summed E-state index contributed by atoms with van der Waals surface area (Å²) in [6.45, 7) is 5.40. The van der Waals surface area contributed by atoms with Gasteiger partial charge >= 0.3 is 6.03 Å². The second-order valence-corrected chi connectivity index (χ2v) is 6.73. The average Bonchev–Trinajstić information content (AvgIpc) is 3.00. The number of aromatic nitrogens is 4. The number of nitrogens with zero attached hydrogens (tertiary/aromatic N) is 5. The van der Waals surface area contributed by atoms with Crippen LogP contribution in [-0.2, 0) is 18.3 Å². The quantitative estimate of drug-likeness (QED) is 0.716. The summed E-state index contributed by atoms with van der Waals surface area (Å²) in [7, 11) is 1.85. The van der Waals surface area contributed by atoms with E-state index in [1.807, 2.05) is 32.2 Å². The predicted octanol–water partition coefficient (Wildman–Crippen LogP) is 1.83. The van der Waals surface area contributed by atoms with Crippen LogP contribution in [0, 0.1) is 6.92 Å². The Balaban J connectivity index is 1.37. The predicted molar refractivity (Wildman–Crippen MR) is 106 cm³/mol. The summed E-state index contributed by atoms with van der Waals surface area (Å²) in [6, 6.07) is 5.50. The van der Waals surface area contributed by atoms with Gasteiger partial charge in [-0.15, -0.1) is 0 Å². The Bertz CT molecular complexity index is 995. The van der Waals surface area contributed by atoms with Gasteiger partial charge in [-0.1, -0.05) is 0 Å². The number of rotatable bonds is 4. The molecule has 0 spiro atoms. The van der Waals surface area contributed by atoms with Crippen molar-refractivity contribution in [1.82, 2.24) is 25.1 Å². The van der Waals surface area contributed by atoms with Crippen molar-refractivity contribution in [3.63, 3.8) is 0 Å². The molecule has 0 atom stereocenters. The van der Waals surface area contributed by atoms with Gasteiger partial charge in [0.25, 0.3) is 0 Å². The maximum Gasteiger partial charge on any atom is 0.319 e. The first-order chi connectivity index (χ1) is 13.6. The third-order valence-corrected chi connectivity index (χ3v) is 4.72. The summed E-state index contributed by atoms with van der Waals surface area (Å²) in [5, 5.41) is 11.0. The minimum Gasteiger partial charge on any atom is -0.378 e. The van der Waals surface area contributed by atoms with Gasteiger partial charge in [-0.05, 0) is 30.7 Å². The van der Waals surface area contributed by atoms with Gasteiger partial charge in [-0.2, -0.15) is 5.10 Å². The molecule has 0 aliphatic carbocycles. The van der Waals surface area contributed by atoms with E-state index < -0.39 is 0 Å². The van der Waals surface area contributed by atoms with E-state index in [2.05, 4.69) is 30.6 Å². The molecule has 4 rings (SSSR count). The molecule has 2 N–H and O–H groups in total. The number of hydrogen-bond acceptors (Lipinski definition) is 6. The molecule has 1 fully saturated rings. The average molecular weight is 381 g/mol. The van der Waals surface area contributed by atoms with Crippen molar-refractivity contribution in [2.75, 3.05) is 36.5 Å². The number of anilines is 2. The summed E-state index contributed by atoms with van der Waals surface area (Å²) in [6.07, 6.45) is 3.40. The van der Waals surface area contributed by atoms with Crippen LogP contribution in [0.15, 0.2) is 30.6 Å². The van der Waals surface area contributed by atoms with Crippen LogP contribution in [0.5, 0.6) is 0 Å². The van der Waals surface area contributed by atoms with E-state index >= 15 is 0 Å². The first-order valence-corrected chi connectivity index (χ1v) is 9.22. The number of morpholine rings is 1. The molecule has 3 aromatic rings. The smallest absolute Gasteiger partial charge is 0.319 e. The van der Waals surface area contributed by atoms with Gasteiger partial charge in [0.05, 0.1) is 30.8 Å². The lowest BCUT2D eigenvalue weighted by molar-refractivity contribution is 0.122. The third kappa shape index (κ3) is 3.89. The van der Waals surface area contributed by atoms with Crippen molar-refractivity contribution in [2.45, 2.75) is 13.5 Å². The van der Waals surface area contributed by atoms with E-state index in [4.69, 9.17) is 4.74 Å². The summed E-state index contributed by atoms with van der Waals surface area (Å²) in [5.74, 6) is 0.907. The van der Waals surface area contributed by atoms with Crippen molar-refractivity contribution < 1.29 is 9.53 Å². The van der Waals surface area contributed by atoms with Crippen molar-refractivity contribution in [1.29, 1.82) is 0 Å². The molecule has 3 aromatic heterocycles. The van der Waals surface area contributed by atoms with Crippen molar-refractivity contribution in [3.05, 3.63) is 41.9 Å². The van der Waals surface area contributed by atoms with Crippen LogP contribution in [-0.4, -0.2) is 52.1 Å². The molecule has 0 bridgehead atoms. The molecule has 28 heavy (non-hydrogen) atoms. The van der Waals surface area contributed by atoms with Gasteiger partial charge in [0.15, 0.2) is 5.65 Å². The SMILES string of the molecule is Cc1nn(C)c2ncc(NC(=O)NCc3ccnc(N4CCOCC4)c3)cc12. The molecule has 0 radical (unpaired) electrons. The van der Waals surface area contributed by atoms with E-state index in [9.17, 15) is 4.79 Å². The number of nitrogens with one attached hydrogen (secondary N) is 2. The van der Waals surface area contributed by atoms with Crippen LogP contribution in [0.25, 0.3) is 11.0 Å². The molecule has 4 heterocycles. The third-order valence-electron chi connectivity index (χ3n) is 4.72. The Morgan fingerprint density at radius 3 is 2.89 bits per heavy atom. The highest BCUT2D eigenvalue weighted by molar-refractivity contribution is 5.92. The lowest BCUT2D eigenvalue weighted by Gasteiger charge is -2.28. The van der Waals surface area contributed by atoms with Crippen molar-refractivity contribution in [3.8, 4) is 0 Å². The zero-order valence-corrected chi connectivity index (χ0v) is 16.0. The standard InChI is InChI=1S/C19H23N7O2/c1-13-16-10-15(12-21-18(16)25(2)24-13)23-19(27)22-11-14-3-4-20-17(9-14)26-5-7-28-8-6-26/h3-4,9-10,12H,5-8,11H2,1-2H3,(H2,22,23,27). The molecule has 0 aromatic carbocycles. The van der Waals surface area contributed by atoms with Gasteiger partial charge in [0.1, 0.15) is 5.82 Å². The molecule has 9 nitrogen and oxygen atoms in total. The second-order valence-electron chi connectivity index (χ2n) is 6.73. The minimum atomic E-state index is -0.285. The Morgan fingerprint density at radius 2 is 2.07 bits per heavy atom. The highest BCUT2D eigenvalue weighted by Crippen LogP contribution is 2.19. The first-order valence-electron chi connectivity index (χ1n) is 9.22. The second kappa shape index (κ2) is 7.81. The Kier molecular flexibility index (Phi) is 5.07. The van der Waals surface area contributed by atoms with E-state index in [0.717, 1.165) is 41.2 Å². The minimum absolute atomic E-state index is 0.285. The van der Waals surface area contributed by atoms with Crippen LogP contribution in [0.3, 0.4) is 0 Å². The lowest BCUT2D eigenvalue weighted by atomic mass is 10.2. The monoisotopic (exact) mass is 381 g/mol. The zero-order chi connectivity index (χ0) is 19.5. The van der Waals surface area contributed by atoms with Gasteiger partial charge in [0, 0.05) is 38.3 Å². The summed E-state index contributed by atoms with van der Waals surface area (Å²) >= 11 is 0. The first kappa shape index (κ1) is 18.2. The molecule has 1 aliphatic heterocycles. The summed E-state index contributed by atoms with van der Waals surface area (Å²) in [5.41, 5.74) is 3.28. The summed E-state index contributed by atoms with van der Waals surface area (Å²) < 4.78 is 7.10. The van der Waals surface area contributed by atoms with Crippen molar-refractivity contribution in [2.24, 2.45) is 7.05 Å². The molecule has 0 unspecified atom stereocenters. The lowest BCUT2D eigenvalue weighted by Crippen LogP contribution is -2.36. The molecule has 146 valence electrons. The Morgan fingerprint density at radius 1 is 1.25 bits per heavy atom. The number of urea groups is 1. The fraction of sp³-hybridized carbons (Fsp3) is 0.368. The fourth-order valence-electron chi connectivity index (χ4n) is 3.27. The number of ether oxygens (including phenoxy) is 1. The Hall–Kier alpha value is -3.20. The number of carbonyl (C=O) groups is 1. The molecule has 9 heteroatoms. The van der Waals surface area contributed by atoms with E-state index in [1.54, 1.807) is 17.1 Å². The Labute approximate surface area is 162 Å².